The van der Waals surface area contributed by atoms with Crippen molar-refractivity contribution in [3.05, 3.63) is 88.5 Å². The van der Waals surface area contributed by atoms with Crippen LogP contribution in [0.4, 0.5) is 0 Å². The lowest BCUT2D eigenvalue weighted by molar-refractivity contribution is 0.351. The molecule has 2 aromatic carbocycles. The van der Waals surface area contributed by atoms with E-state index in [2.05, 4.69) is 30.4 Å². The van der Waals surface area contributed by atoms with Gasteiger partial charge in [0.15, 0.2) is 0 Å². The maximum atomic E-state index is 6.00. The number of allylic oxidation sites excluding steroid dienone is 2. The number of fused-ring (bicyclic) bond motifs is 1. The highest BCUT2D eigenvalue weighted by Crippen LogP contribution is 2.29. The summed E-state index contributed by atoms with van der Waals surface area (Å²) in [6, 6.07) is 15.9. The van der Waals surface area contributed by atoms with Gasteiger partial charge in [-0.05, 0) is 35.4 Å². The second kappa shape index (κ2) is 6.47. The highest BCUT2D eigenvalue weighted by molar-refractivity contribution is 6.30. The van der Waals surface area contributed by atoms with Crippen molar-refractivity contribution in [2.24, 2.45) is 0 Å². The third-order valence-electron chi connectivity index (χ3n) is 3.22. The Morgan fingerprint density at radius 2 is 1.76 bits per heavy atom. The molecule has 0 bridgehead atoms. The van der Waals surface area contributed by atoms with E-state index >= 15 is 0 Å². The molecule has 0 saturated heterocycles. The predicted molar refractivity (Wildman–Crippen MR) is 89.5 cm³/mol. The molecule has 1 aliphatic rings. The van der Waals surface area contributed by atoms with Crippen LogP contribution in [0.1, 0.15) is 11.1 Å². The van der Waals surface area contributed by atoms with E-state index < -0.39 is 0 Å². The zero-order valence-corrected chi connectivity index (χ0v) is 12.3. The fourth-order valence-electron chi connectivity index (χ4n) is 2.17. The highest BCUT2D eigenvalue weighted by atomic mass is 35.5. The summed E-state index contributed by atoms with van der Waals surface area (Å²) >= 11 is 6.00. The lowest BCUT2D eigenvalue weighted by Gasteiger charge is -2.16. The van der Waals surface area contributed by atoms with Gasteiger partial charge in [-0.3, -0.25) is 0 Å². The van der Waals surface area contributed by atoms with Crippen molar-refractivity contribution < 1.29 is 4.74 Å². The molecule has 0 aliphatic carbocycles. The molecule has 1 nitrogen and oxygen atoms in total. The van der Waals surface area contributed by atoms with E-state index in [0.29, 0.717) is 6.61 Å². The Balaban J connectivity index is 1.71. The normalized spacial score (nSPS) is 14.0. The summed E-state index contributed by atoms with van der Waals surface area (Å²) < 4.78 is 5.70. The molecule has 0 aromatic heterocycles. The van der Waals surface area contributed by atoms with E-state index in [-0.39, 0.29) is 0 Å². The van der Waals surface area contributed by atoms with Crippen LogP contribution >= 0.6 is 11.6 Å². The molecule has 2 aromatic rings. The van der Waals surface area contributed by atoms with Gasteiger partial charge in [0.05, 0.1) is 0 Å². The van der Waals surface area contributed by atoms with Crippen LogP contribution in [0.2, 0.25) is 5.02 Å². The minimum absolute atomic E-state index is 0.588. The van der Waals surface area contributed by atoms with E-state index in [9.17, 15) is 0 Å². The van der Waals surface area contributed by atoms with Gasteiger partial charge in [-0.15, -0.1) is 0 Å². The number of ether oxygens (including phenoxy) is 1. The fourth-order valence-corrected chi connectivity index (χ4v) is 2.35. The number of hydrogen-bond acceptors (Lipinski definition) is 1. The lowest BCUT2D eigenvalue weighted by atomic mass is 10.1. The molecule has 1 aliphatic heterocycles. The maximum absolute atomic E-state index is 6.00. The lowest BCUT2D eigenvalue weighted by Crippen LogP contribution is -2.05. The second-order valence-corrected chi connectivity index (χ2v) is 5.26. The molecule has 104 valence electrons. The molecule has 0 radical (unpaired) electrons. The number of benzene rings is 2. The van der Waals surface area contributed by atoms with Gasteiger partial charge < -0.3 is 4.74 Å². The van der Waals surface area contributed by atoms with E-state index in [0.717, 1.165) is 21.9 Å². The minimum Gasteiger partial charge on any atom is -0.488 e. The number of rotatable bonds is 3. The van der Waals surface area contributed by atoms with E-state index in [1.807, 2.05) is 48.6 Å². The minimum atomic E-state index is 0.588. The van der Waals surface area contributed by atoms with Gasteiger partial charge in [0, 0.05) is 10.6 Å². The molecule has 21 heavy (non-hydrogen) atoms. The molecule has 0 atom stereocenters. The standard InChI is InChI=1S/C19H15ClO/c20-18-10-11-19-17(13-18)12-16(14-21-19)9-5-4-8-15-6-2-1-3-7-15/h1-13H,14H2/b8-4+,9-5+. The van der Waals surface area contributed by atoms with Crippen molar-refractivity contribution in [2.45, 2.75) is 0 Å². The smallest absolute Gasteiger partial charge is 0.127 e. The fraction of sp³-hybridized carbons (Fsp3) is 0.0526. The average Bonchev–Trinajstić information content (AvgIpc) is 2.52. The monoisotopic (exact) mass is 294 g/mol. The second-order valence-electron chi connectivity index (χ2n) is 4.82. The Kier molecular flexibility index (Phi) is 4.23. The van der Waals surface area contributed by atoms with E-state index in [4.69, 9.17) is 16.3 Å². The van der Waals surface area contributed by atoms with Crippen LogP contribution in [0, 0.1) is 0 Å². The Hall–Kier alpha value is -2.25. The molecule has 0 amide bonds. The number of hydrogen-bond donors (Lipinski definition) is 0. The van der Waals surface area contributed by atoms with Crippen molar-refractivity contribution in [1.29, 1.82) is 0 Å². The molecule has 1 heterocycles. The van der Waals surface area contributed by atoms with Crippen LogP contribution in [0.3, 0.4) is 0 Å². The number of halogens is 1. The summed E-state index contributed by atoms with van der Waals surface area (Å²) in [7, 11) is 0. The molecule has 0 N–H and O–H groups in total. The first kappa shape index (κ1) is 13.7. The molecule has 0 spiro atoms. The van der Waals surface area contributed by atoms with Crippen molar-refractivity contribution in [2.75, 3.05) is 6.61 Å². The van der Waals surface area contributed by atoms with Gasteiger partial charge in [0.2, 0.25) is 0 Å². The quantitative estimate of drug-likeness (QED) is 0.690. The summed E-state index contributed by atoms with van der Waals surface area (Å²) in [4.78, 5) is 0. The first-order chi connectivity index (χ1) is 10.3. The zero-order chi connectivity index (χ0) is 14.5. The highest BCUT2D eigenvalue weighted by Gasteiger charge is 2.09. The SMILES string of the molecule is Clc1ccc2c(c1)C=C(/C=C/C=C/c1ccccc1)CO2. The van der Waals surface area contributed by atoms with Crippen LogP contribution < -0.4 is 4.74 Å². The van der Waals surface area contributed by atoms with Crippen molar-refractivity contribution in [1.82, 2.24) is 0 Å². The van der Waals surface area contributed by atoms with E-state index in [1.54, 1.807) is 0 Å². The molecule has 0 fully saturated rings. The zero-order valence-electron chi connectivity index (χ0n) is 11.5. The maximum Gasteiger partial charge on any atom is 0.127 e. The van der Waals surface area contributed by atoms with Gasteiger partial charge in [0.25, 0.3) is 0 Å². The van der Waals surface area contributed by atoms with Gasteiger partial charge in [-0.25, -0.2) is 0 Å². The van der Waals surface area contributed by atoms with Crippen molar-refractivity contribution >= 4 is 23.8 Å². The Labute approximate surface area is 129 Å². The molecule has 2 heteroatoms. The van der Waals surface area contributed by atoms with Gasteiger partial charge in [-0.2, -0.15) is 0 Å². The van der Waals surface area contributed by atoms with Crippen LogP contribution in [-0.2, 0) is 0 Å². The average molecular weight is 295 g/mol. The van der Waals surface area contributed by atoms with Gasteiger partial charge in [-0.1, -0.05) is 66.2 Å². The van der Waals surface area contributed by atoms with Gasteiger partial charge >= 0.3 is 0 Å². The van der Waals surface area contributed by atoms with Crippen LogP contribution in [0.25, 0.3) is 12.2 Å². The van der Waals surface area contributed by atoms with Crippen LogP contribution in [0.5, 0.6) is 5.75 Å². The summed E-state index contributed by atoms with van der Waals surface area (Å²) in [6.07, 6.45) is 10.3. The molecular weight excluding hydrogens is 280 g/mol. The Bertz CT molecular complexity index is 712. The first-order valence-electron chi connectivity index (χ1n) is 6.84. The molecule has 0 unspecified atom stereocenters. The molecule has 3 rings (SSSR count). The summed E-state index contributed by atoms with van der Waals surface area (Å²) in [5.41, 5.74) is 3.34. The molecular formula is C19H15ClO. The molecule has 0 saturated carbocycles. The third-order valence-corrected chi connectivity index (χ3v) is 3.45. The van der Waals surface area contributed by atoms with Crippen molar-refractivity contribution in [3.63, 3.8) is 0 Å². The summed E-state index contributed by atoms with van der Waals surface area (Å²) in [5, 5.41) is 0.725. The predicted octanol–water partition coefficient (Wildman–Crippen LogP) is 5.39. The first-order valence-corrected chi connectivity index (χ1v) is 7.22. The topological polar surface area (TPSA) is 9.23 Å². The van der Waals surface area contributed by atoms with Gasteiger partial charge in [0.1, 0.15) is 12.4 Å². The van der Waals surface area contributed by atoms with Crippen LogP contribution in [0.15, 0.2) is 72.3 Å². The van der Waals surface area contributed by atoms with Crippen molar-refractivity contribution in [3.8, 4) is 5.75 Å². The summed E-state index contributed by atoms with van der Waals surface area (Å²) in [5.74, 6) is 0.886. The Morgan fingerprint density at radius 1 is 0.952 bits per heavy atom. The largest absolute Gasteiger partial charge is 0.488 e. The summed E-state index contributed by atoms with van der Waals surface area (Å²) in [6.45, 7) is 0.588. The van der Waals surface area contributed by atoms with Crippen LogP contribution in [-0.4, -0.2) is 6.61 Å². The third kappa shape index (κ3) is 3.65. The Morgan fingerprint density at radius 3 is 2.62 bits per heavy atom. The van der Waals surface area contributed by atoms with E-state index in [1.165, 1.54) is 5.56 Å².